The van der Waals surface area contributed by atoms with E-state index in [1.165, 1.54) is 6.92 Å². The van der Waals surface area contributed by atoms with Crippen molar-refractivity contribution in [1.82, 2.24) is 20.3 Å². The summed E-state index contributed by atoms with van der Waals surface area (Å²) in [6.45, 7) is 3.39. The van der Waals surface area contributed by atoms with Gasteiger partial charge in [0.15, 0.2) is 0 Å². The van der Waals surface area contributed by atoms with E-state index < -0.39 is 0 Å². The molecule has 0 atom stereocenters. The Hall–Kier alpha value is -1.43. The van der Waals surface area contributed by atoms with Crippen molar-refractivity contribution in [3.05, 3.63) is 11.1 Å². The van der Waals surface area contributed by atoms with E-state index in [1.54, 1.807) is 6.92 Å². The van der Waals surface area contributed by atoms with Crippen LogP contribution in [0.15, 0.2) is 0 Å². The van der Waals surface area contributed by atoms with Crippen LogP contribution >= 0.6 is 11.6 Å². The van der Waals surface area contributed by atoms with Gasteiger partial charge in [0.25, 0.3) is 0 Å². The molecule has 1 amide bonds. The lowest BCUT2D eigenvalue weighted by atomic mass is 10.7. The highest BCUT2D eigenvalue weighted by atomic mass is 35.5. The maximum absolute atomic E-state index is 10.5. The first-order valence-corrected chi connectivity index (χ1v) is 4.32. The summed E-state index contributed by atoms with van der Waals surface area (Å²) >= 11 is 5.60. The largest absolute Gasteiger partial charge is 0.339 e. The number of amides is 1. The molecule has 6 nitrogen and oxygen atoms in total. The van der Waals surface area contributed by atoms with Crippen molar-refractivity contribution in [3.8, 4) is 0 Å². The van der Waals surface area contributed by atoms with Crippen LogP contribution in [0.4, 0.5) is 5.95 Å². The molecule has 0 unspecified atom stereocenters. The molecule has 0 aromatic carbocycles. The minimum absolute atomic E-state index is 0.128. The second-order valence-electron chi connectivity index (χ2n) is 2.56. The molecule has 0 saturated heterocycles. The third kappa shape index (κ3) is 3.53. The van der Waals surface area contributed by atoms with Crippen LogP contribution in [0.2, 0.25) is 5.28 Å². The predicted molar refractivity (Wildman–Crippen MR) is 51.9 cm³/mol. The van der Waals surface area contributed by atoms with Crippen LogP contribution < -0.4 is 10.6 Å². The lowest BCUT2D eigenvalue weighted by molar-refractivity contribution is -0.118. The van der Waals surface area contributed by atoms with Gasteiger partial charge in [-0.2, -0.15) is 9.97 Å². The SMILES string of the molecule is CC(=O)NCNc1nc(C)nc(Cl)n1. The highest BCUT2D eigenvalue weighted by Gasteiger charge is 2.00. The van der Waals surface area contributed by atoms with Crippen molar-refractivity contribution in [2.75, 3.05) is 12.0 Å². The van der Waals surface area contributed by atoms with Crippen molar-refractivity contribution < 1.29 is 4.79 Å². The van der Waals surface area contributed by atoms with Crippen LogP contribution in [0.25, 0.3) is 0 Å². The van der Waals surface area contributed by atoms with Gasteiger partial charge < -0.3 is 10.6 Å². The summed E-state index contributed by atoms with van der Waals surface area (Å²) in [6.07, 6.45) is 0. The molecular weight excluding hydrogens is 206 g/mol. The third-order valence-corrected chi connectivity index (χ3v) is 1.47. The van der Waals surface area contributed by atoms with Gasteiger partial charge in [-0.25, -0.2) is 4.98 Å². The summed E-state index contributed by atoms with van der Waals surface area (Å²) in [4.78, 5) is 22.1. The van der Waals surface area contributed by atoms with E-state index in [4.69, 9.17) is 11.6 Å². The predicted octanol–water partition coefficient (Wildman–Crippen LogP) is 0.339. The van der Waals surface area contributed by atoms with Gasteiger partial charge >= 0.3 is 0 Å². The molecule has 0 bridgehead atoms. The Morgan fingerprint density at radius 2 is 2.14 bits per heavy atom. The molecule has 0 aliphatic carbocycles. The first kappa shape index (κ1) is 10.6. The number of nitrogens with one attached hydrogen (secondary N) is 2. The molecule has 1 heterocycles. The smallest absolute Gasteiger partial charge is 0.228 e. The van der Waals surface area contributed by atoms with E-state index in [1.807, 2.05) is 0 Å². The molecule has 14 heavy (non-hydrogen) atoms. The van der Waals surface area contributed by atoms with E-state index in [2.05, 4.69) is 25.6 Å². The van der Waals surface area contributed by atoms with E-state index >= 15 is 0 Å². The number of hydrogen-bond donors (Lipinski definition) is 2. The van der Waals surface area contributed by atoms with Gasteiger partial charge in [0.05, 0.1) is 6.67 Å². The maximum atomic E-state index is 10.5. The number of halogens is 1. The standard InChI is InChI=1S/C7H10ClN5O/c1-4-11-6(8)13-7(12-4)10-3-9-5(2)14/h3H2,1-2H3,(H,9,14)(H,10,11,12,13). The highest BCUT2D eigenvalue weighted by molar-refractivity contribution is 6.28. The fourth-order valence-electron chi connectivity index (χ4n) is 0.776. The summed E-state index contributed by atoms with van der Waals surface area (Å²) < 4.78 is 0. The summed E-state index contributed by atoms with van der Waals surface area (Å²) in [5, 5.41) is 5.45. The van der Waals surface area contributed by atoms with Crippen LogP contribution in [0.5, 0.6) is 0 Å². The Bertz CT molecular complexity index is 323. The number of nitrogens with zero attached hydrogens (tertiary/aromatic N) is 3. The summed E-state index contributed by atoms with van der Waals surface area (Å²) in [5.74, 6) is 0.737. The van der Waals surface area contributed by atoms with Crippen molar-refractivity contribution in [2.45, 2.75) is 13.8 Å². The maximum Gasteiger partial charge on any atom is 0.228 e. The zero-order valence-corrected chi connectivity index (χ0v) is 8.59. The summed E-state index contributed by atoms with van der Waals surface area (Å²) in [6, 6.07) is 0. The average Bonchev–Trinajstić information content (AvgIpc) is 2.01. The number of anilines is 1. The monoisotopic (exact) mass is 215 g/mol. The van der Waals surface area contributed by atoms with Crippen LogP contribution in [0, 0.1) is 6.92 Å². The van der Waals surface area contributed by atoms with Crippen LogP contribution in [0.1, 0.15) is 12.7 Å². The molecule has 0 radical (unpaired) electrons. The van der Waals surface area contributed by atoms with Gasteiger partial charge in [0.1, 0.15) is 5.82 Å². The van der Waals surface area contributed by atoms with Crippen molar-refractivity contribution in [2.24, 2.45) is 0 Å². The first-order valence-electron chi connectivity index (χ1n) is 3.94. The number of aromatic nitrogens is 3. The number of rotatable bonds is 3. The molecule has 0 aliphatic heterocycles. The molecule has 7 heteroatoms. The lowest BCUT2D eigenvalue weighted by Gasteiger charge is -2.05. The molecule has 0 fully saturated rings. The average molecular weight is 216 g/mol. The minimum atomic E-state index is -0.130. The van der Waals surface area contributed by atoms with Gasteiger partial charge in [-0.15, -0.1) is 0 Å². The Labute approximate surface area is 86.1 Å². The Kier molecular flexibility index (Phi) is 3.58. The van der Waals surface area contributed by atoms with Crippen molar-refractivity contribution in [3.63, 3.8) is 0 Å². The zero-order chi connectivity index (χ0) is 10.6. The molecule has 0 saturated carbocycles. The molecular formula is C7H10ClN5O. The van der Waals surface area contributed by atoms with E-state index in [0.717, 1.165) is 0 Å². The second kappa shape index (κ2) is 4.71. The zero-order valence-electron chi connectivity index (χ0n) is 7.83. The molecule has 0 aliphatic rings. The van der Waals surface area contributed by atoms with Gasteiger partial charge in [-0.3, -0.25) is 4.79 Å². The molecule has 0 spiro atoms. The summed E-state index contributed by atoms with van der Waals surface area (Å²) in [7, 11) is 0. The van der Waals surface area contributed by atoms with E-state index in [0.29, 0.717) is 11.8 Å². The normalized spacial score (nSPS) is 9.64. The number of carbonyl (C=O) groups excluding carboxylic acids is 1. The third-order valence-electron chi connectivity index (χ3n) is 1.30. The number of carbonyl (C=O) groups is 1. The number of hydrogen-bond acceptors (Lipinski definition) is 5. The van der Waals surface area contributed by atoms with Gasteiger partial charge in [0.2, 0.25) is 17.1 Å². The van der Waals surface area contributed by atoms with E-state index in [-0.39, 0.29) is 17.9 Å². The topological polar surface area (TPSA) is 79.8 Å². The fourth-order valence-corrected chi connectivity index (χ4v) is 0.978. The van der Waals surface area contributed by atoms with E-state index in [9.17, 15) is 4.79 Å². The van der Waals surface area contributed by atoms with Gasteiger partial charge in [0, 0.05) is 6.92 Å². The van der Waals surface area contributed by atoms with Crippen molar-refractivity contribution >= 4 is 23.5 Å². The Morgan fingerprint density at radius 3 is 2.71 bits per heavy atom. The lowest BCUT2D eigenvalue weighted by Crippen LogP contribution is -2.27. The fraction of sp³-hybridized carbons (Fsp3) is 0.429. The second-order valence-corrected chi connectivity index (χ2v) is 2.90. The minimum Gasteiger partial charge on any atom is -0.339 e. The highest BCUT2D eigenvalue weighted by Crippen LogP contribution is 2.03. The van der Waals surface area contributed by atoms with Crippen LogP contribution in [-0.2, 0) is 4.79 Å². The van der Waals surface area contributed by atoms with Gasteiger partial charge in [-0.05, 0) is 18.5 Å². The molecule has 1 rings (SSSR count). The summed E-state index contributed by atoms with van der Waals surface area (Å²) in [5.41, 5.74) is 0. The molecule has 76 valence electrons. The Morgan fingerprint density at radius 1 is 1.43 bits per heavy atom. The van der Waals surface area contributed by atoms with Crippen LogP contribution in [0.3, 0.4) is 0 Å². The molecule has 1 aromatic rings. The van der Waals surface area contributed by atoms with Crippen LogP contribution in [-0.4, -0.2) is 27.5 Å². The quantitative estimate of drug-likeness (QED) is 0.711. The number of aryl methyl sites for hydroxylation is 1. The molecule has 2 N–H and O–H groups in total. The Balaban J connectivity index is 2.54. The molecule has 1 aromatic heterocycles. The first-order chi connectivity index (χ1) is 6.58. The van der Waals surface area contributed by atoms with Gasteiger partial charge in [-0.1, -0.05) is 0 Å². The van der Waals surface area contributed by atoms with Crippen molar-refractivity contribution in [1.29, 1.82) is 0 Å².